The Morgan fingerprint density at radius 1 is 1.23 bits per heavy atom. The van der Waals surface area contributed by atoms with Gasteiger partial charge in [-0.15, -0.1) is 0 Å². The molecule has 1 N–H and O–H groups in total. The number of nitro benzene ring substituents is 1. The van der Waals surface area contributed by atoms with Gasteiger partial charge in [-0.25, -0.2) is 4.98 Å². The number of aryl methyl sites for hydroxylation is 1. The summed E-state index contributed by atoms with van der Waals surface area (Å²) in [6.07, 6.45) is 1.60. The molecule has 0 aliphatic carbocycles. The monoisotopic (exact) mass is 353 g/mol. The maximum absolute atomic E-state index is 10.9. The minimum atomic E-state index is -0.422. The summed E-state index contributed by atoms with van der Waals surface area (Å²) in [6, 6.07) is 12.6. The second-order valence-corrected chi connectivity index (χ2v) is 5.90. The molecule has 0 aliphatic heterocycles. The van der Waals surface area contributed by atoms with Gasteiger partial charge in [-0.3, -0.25) is 10.1 Å². The number of non-ortho nitro benzene ring substituents is 1. The van der Waals surface area contributed by atoms with Crippen molar-refractivity contribution in [3.63, 3.8) is 0 Å². The molecule has 0 radical (unpaired) electrons. The fourth-order valence-corrected chi connectivity index (χ4v) is 2.54. The zero-order chi connectivity index (χ0) is 18.5. The molecule has 0 saturated heterocycles. The Bertz CT molecular complexity index is 903. The Morgan fingerprint density at radius 3 is 2.69 bits per heavy atom. The number of nitrogens with one attached hydrogen (secondary N) is 1. The van der Waals surface area contributed by atoms with Crippen LogP contribution in [0.1, 0.15) is 16.8 Å². The Labute approximate surface area is 150 Å². The van der Waals surface area contributed by atoms with Crippen molar-refractivity contribution in [2.75, 3.05) is 12.4 Å². The Morgan fingerprint density at radius 2 is 2.00 bits per heavy atom. The Hall–Kier alpha value is -3.19. The molecule has 26 heavy (non-hydrogen) atoms. The van der Waals surface area contributed by atoms with E-state index in [0.29, 0.717) is 18.0 Å². The van der Waals surface area contributed by atoms with Crippen LogP contribution in [0.15, 0.2) is 53.1 Å². The number of aromatic nitrogens is 1. The molecule has 0 aliphatic rings. The molecule has 2 aromatic carbocycles. The number of hydrogen-bond donors (Lipinski definition) is 1. The van der Waals surface area contributed by atoms with Crippen molar-refractivity contribution in [1.29, 1.82) is 0 Å². The highest BCUT2D eigenvalue weighted by Crippen LogP contribution is 2.24. The molecule has 7 nitrogen and oxygen atoms in total. The number of ether oxygens (including phenoxy) is 1. The Kier molecular flexibility index (Phi) is 5.28. The first-order valence-corrected chi connectivity index (χ1v) is 8.08. The molecule has 0 unspecified atom stereocenters. The van der Waals surface area contributed by atoms with Gasteiger partial charge < -0.3 is 14.5 Å². The van der Waals surface area contributed by atoms with Gasteiger partial charge in [-0.1, -0.05) is 17.7 Å². The van der Waals surface area contributed by atoms with E-state index in [4.69, 9.17) is 9.15 Å². The SMILES string of the molecule is COCc1cc([N+](=O)[O-])ccc1NCc1coc(-c2ccc(C)cc2)n1. The van der Waals surface area contributed by atoms with Gasteiger partial charge in [0.25, 0.3) is 5.69 Å². The minimum Gasteiger partial charge on any atom is -0.444 e. The molecule has 3 aromatic rings. The lowest BCUT2D eigenvalue weighted by Gasteiger charge is -2.10. The highest BCUT2D eigenvalue weighted by molar-refractivity contribution is 5.56. The summed E-state index contributed by atoms with van der Waals surface area (Å²) in [7, 11) is 1.55. The molecule has 7 heteroatoms. The lowest BCUT2D eigenvalue weighted by molar-refractivity contribution is -0.384. The predicted molar refractivity (Wildman–Crippen MR) is 97.8 cm³/mol. The van der Waals surface area contributed by atoms with Crippen LogP contribution in [0, 0.1) is 17.0 Å². The molecule has 0 bridgehead atoms. The molecule has 134 valence electrons. The van der Waals surface area contributed by atoms with Crippen LogP contribution in [0.3, 0.4) is 0 Å². The quantitative estimate of drug-likeness (QED) is 0.502. The third kappa shape index (κ3) is 4.07. The summed E-state index contributed by atoms with van der Waals surface area (Å²) >= 11 is 0. The van der Waals surface area contributed by atoms with E-state index in [-0.39, 0.29) is 12.3 Å². The van der Waals surface area contributed by atoms with Crippen LogP contribution in [-0.4, -0.2) is 17.0 Å². The first-order chi connectivity index (χ1) is 12.6. The van der Waals surface area contributed by atoms with Gasteiger partial charge in [0.2, 0.25) is 5.89 Å². The molecule has 0 amide bonds. The van der Waals surface area contributed by atoms with E-state index < -0.39 is 4.92 Å². The maximum atomic E-state index is 10.9. The lowest BCUT2D eigenvalue weighted by Crippen LogP contribution is -2.04. The van der Waals surface area contributed by atoms with Crippen LogP contribution >= 0.6 is 0 Å². The van der Waals surface area contributed by atoms with Gasteiger partial charge in [0.05, 0.1) is 23.8 Å². The van der Waals surface area contributed by atoms with Crippen molar-refractivity contribution in [2.45, 2.75) is 20.1 Å². The van der Waals surface area contributed by atoms with E-state index in [0.717, 1.165) is 16.9 Å². The maximum Gasteiger partial charge on any atom is 0.269 e. The molecule has 3 rings (SSSR count). The van der Waals surface area contributed by atoms with Crippen LogP contribution in [0.4, 0.5) is 11.4 Å². The summed E-state index contributed by atoms with van der Waals surface area (Å²) in [6.45, 7) is 2.73. The summed E-state index contributed by atoms with van der Waals surface area (Å²) < 4.78 is 10.7. The zero-order valence-electron chi connectivity index (χ0n) is 14.6. The fourth-order valence-electron chi connectivity index (χ4n) is 2.54. The van der Waals surface area contributed by atoms with Gasteiger partial charge in [-0.05, 0) is 25.1 Å². The van der Waals surface area contributed by atoms with E-state index in [9.17, 15) is 10.1 Å². The van der Waals surface area contributed by atoms with Crippen molar-refractivity contribution >= 4 is 11.4 Å². The van der Waals surface area contributed by atoms with Crippen molar-refractivity contribution in [1.82, 2.24) is 4.98 Å². The molecule has 0 atom stereocenters. The van der Waals surface area contributed by atoms with Gasteiger partial charge in [0.1, 0.15) is 6.26 Å². The van der Waals surface area contributed by atoms with Crippen molar-refractivity contribution in [3.05, 3.63) is 75.7 Å². The number of methoxy groups -OCH3 is 1. The van der Waals surface area contributed by atoms with Crippen molar-refractivity contribution in [2.24, 2.45) is 0 Å². The topological polar surface area (TPSA) is 90.4 Å². The lowest BCUT2D eigenvalue weighted by atomic mass is 10.1. The number of oxazole rings is 1. The molecule has 0 saturated carbocycles. The number of rotatable bonds is 7. The van der Waals surface area contributed by atoms with Crippen molar-refractivity contribution in [3.8, 4) is 11.5 Å². The number of anilines is 1. The predicted octanol–water partition coefficient (Wildman–Crippen LogP) is 4.32. The van der Waals surface area contributed by atoms with Gasteiger partial charge in [0.15, 0.2) is 0 Å². The van der Waals surface area contributed by atoms with Crippen LogP contribution < -0.4 is 5.32 Å². The van der Waals surface area contributed by atoms with Crippen LogP contribution in [0.5, 0.6) is 0 Å². The van der Waals surface area contributed by atoms with Crippen LogP contribution in [0.25, 0.3) is 11.5 Å². The molecular weight excluding hydrogens is 334 g/mol. The van der Waals surface area contributed by atoms with E-state index in [2.05, 4.69) is 10.3 Å². The van der Waals surface area contributed by atoms with Crippen LogP contribution in [-0.2, 0) is 17.9 Å². The molecular formula is C19H19N3O4. The number of nitro groups is 1. The smallest absolute Gasteiger partial charge is 0.269 e. The van der Waals surface area contributed by atoms with E-state index in [1.807, 2.05) is 31.2 Å². The second kappa shape index (κ2) is 7.79. The molecule has 0 fully saturated rings. The van der Waals surface area contributed by atoms with Gasteiger partial charge >= 0.3 is 0 Å². The normalized spacial score (nSPS) is 10.7. The summed E-state index contributed by atoms with van der Waals surface area (Å²) in [4.78, 5) is 15.0. The number of hydrogen-bond acceptors (Lipinski definition) is 6. The first-order valence-electron chi connectivity index (χ1n) is 8.08. The fraction of sp³-hybridized carbons (Fsp3) is 0.211. The third-order valence-corrected chi connectivity index (χ3v) is 3.91. The van der Waals surface area contributed by atoms with Gasteiger partial charge in [-0.2, -0.15) is 0 Å². The van der Waals surface area contributed by atoms with Crippen LogP contribution in [0.2, 0.25) is 0 Å². The highest BCUT2D eigenvalue weighted by atomic mass is 16.6. The highest BCUT2D eigenvalue weighted by Gasteiger charge is 2.12. The minimum absolute atomic E-state index is 0.0330. The van der Waals surface area contributed by atoms with E-state index in [1.54, 1.807) is 19.4 Å². The molecule has 1 aromatic heterocycles. The summed E-state index contributed by atoms with van der Waals surface area (Å²) in [5.74, 6) is 0.558. The number of benzene rings is 2. The zero-order valence-corrected chi connectivity index (χ0v) is 14.6. The van der Waals surface area contributed by atoms with Crippen molar-refractivity contribution < 1.29 is 14.1 Å². The molecule has 1 heterocycles. The van der Waals surface area contributed by atoms with E-state index in [1.165, 1.54) is 17.7 Å². The first kappa shape index (κ1) is 17.6. The average Bonchev–Trinajstić information content (AvgIpc) is 3.10. The largest absolute Gasteiger partial charge is 0.444 e. The van der Waals surface area contributed by atoms with E-state index >= 15 is 0 Å². The summed E-state index contributed by atoms with van der Waals surface area (Å²) in [5.41, 5.74) is 4.33. The second-order valence-electron chi connectivity index (χ2n) is 5.90. The standard InChI is InChI=1S/C19H19N3O4/c1-13-3-5-14(6-4-13)19-21-16(12-26-19)10-20-18-8-7-17(22(23)24)9-15(18)11-25-2/h3-9,12,20H,10-11H2,1-2H3. The van der Waals surface area contributed by atoms with Gasteiger partial charge in [0, 0.05) is 36.1 Å². The Balaban J connectivity index is 1.73. The third-order valence-electron chi connectivity index (χ3n) is 3.91. The average molecular weight is 353 g/mol. The molecule has 0 spiro atoms. The summed E-state index contributed by atoms with van der Waals surface area (Å²) in [5, 5.41) is 14.2. The number of nitrogens with zero attached hydrogens (tertiary/aromatic N) is 2.